The standard InChI is InChI=1S/C61H110O6/c1-4-7-10-13-16-19-22-25-26-27-28-29-30-31-32-33-34-37-39-42-45-48-51-54-60(63)66-57-58(67-61(64)55-52-49-46-43-40-36-24-21-18-15-12-9-6-3)56-65-59(62)53-50-47-44-41-38-35-23-20-17-14-11-8-5-2/h12,15,21-22,24-25,27-28,58H,4-11,13-14,16-20,23,26,29-57H2,1-3H3/b15-12-,24-21-,25-22-,28-27-. The van der Waals surface area contributed by atoms with Crippen LogP contribution in [-0.4, -0.2) is 37.2 Å². The SMILES string of the molecule is CCC/C=C\C/C=C\CCCCCCCC(=O)OC(COC(=O)CCCCCCCCCCCCC/C=C\C/C=C\CCCCCCC)COC(=O)CCCCCCCCCCCCCCC. The summed E-state index contributed by atoms with van der Waals surface area (Å²) in [4.78, 5) is 38.1. The predicted octanol–water partition coefficient (Wildman–Crippen LogP) is 19.4. The van der Waals surface area contributed by atoms with E-state index in [1.165, 1.54) is 167 Å². The van der Waals surface area contributed by atoms with Crippen molar-refractivity contribution >= 4 is 17.9 Å². The monoisotopic (exact) mass is 939 g/mol. The summed E-state index contributed by atoms with van der Waals surface area (Å²) in [6, 6.07) is 0. The summed E-state index contributed by atoms with van der Waals surface area (Å²) in [5, 5.41) is 0. The van der Waals surface area contributed by atoms with Gasteiger partial charge in [-0.2, -0.15) is 0 Å². The van der Waals surface area contributed by atoms with Crippen LogP contribution in [0.3, 0.4) is 0 Å². The highest BCUT2D eigenvalue weighted by atomic mass is 16.6. The number of carbonyl (C=O) groups excluding carboxylic acids is 3. The van der Waals surface area contributed by atoms with Crippen molar-refractivity contribution in [1.29, 1.82) is 0 Å². The largest absolute Gasteiger partial charge is 0.462 e. The second-order valence-corrected chi connectivity index (χ2v) is 19.6. The number of esters is 3. The van der Waals surface area contributed by atoms with Crippen LogP contribution in [0.1, 0.15) is 303 Å². The molecule has 0 heterocycles. The number of carbonyl (C=O) groups is 3. The summed E-state index contributed by atoms with van der Waals surface area (Å²) in [6.07, 6.45) is 68.2. The van der Waals surface area contributed by atoms with Gasteiger partial charge in [-0.15, -0.1) is 0 Å². The molecule has 0 aromatic rings. The summed E-state index contributed by atoms with van der Waals surface area (Å²) in [7, 11) is 0. The minimum absolute atomic E-state index is 0.0764. The molecule has 0 aliphatic rings. The van der Waals surface area contributed by atoms with Crippen LogP contribution in [0.4, 0.5) is 0 Å². The second kappa shape index (κ2) is 56.0. The Morgan fingerprint density at radius 2 is 0.567 bits per heavy atom. The third-order valence-corrected chi connectivity index (χ3v) is 12.8. The Labute approximate surface area is 416 Å². The average Bonchev–Trinajstić information content (AvgIpc) is 3.33. The number of rotatable bonds is 53. The van der Waals surface area contributed by atoms with E-state index in [0.29, 0.717) is 19.3 Å². The molecule has 0 radical (unpaired) electrons. The Morgan fingerprint density at radius 1 is 0.299 bits per heavy atom. The van der Waals surface area contributed by atoms with Crippen molar-refractivity contribution in [3.63, 3.8) is 0 Å². The van der Waals surface area contributed by atoms with Crippen LogP contribution >= 0.6 is 0 Å². The molecule has 0 bridgehead atoms. The molecule has 0 aromatic carbocycles. The lowest BCUT2D eigenvalue weighted by molar-refractivity contribution is -0.167. The predicted molar refractivity (Wildman–Crippen MR) is 289 cm³/mol. The van der Waals surface area contributed by atoms with Crippen LogP contribution < -0.4 is 0 Å². The Morgan fingerprint density at radius 3 is 0.881 bits per heavy atom. The van der Waals surface area contributed by atoms with E-state index < -0.39 is 6.10 Å². The maximum Gasteiger partial charge on any atom is 0.306 e. The number of unbranched alkanes of at least 4 members (excludes halogenated alkanes) is 34. The molecule has 0 N–H and O–H groups in total. The lowest BCUT2D eigenvalue weighted by Gasteiger charge is -2.18. The van der Waals surface area contributed by atoms with Crippen LogP contribution in [-0.2, 0) is 28.6 Å². The molecule has 0 spiro atoms. The third kappa shape index (κ3) is 54.2. The number of hydrogen-bond donors (Lipinski definition) is 0. The van der Waals surface area contributed by atoms with Gasteiger partial charge in [0.1, 0.15) is 13.2 Å². The normalized spacial score (nSPS) is 12.3. The molecule has 0 aromatic heterocycles. The topological polar surface area (TPSA) is 78.9 Å². The molecule has 6 nitrogen and oxygen atoms in total. The highest BCUT2D eigenvalue weighted by molar-refractivity contribution is 5.71. The molecule has 1 atom stereocenters. The zero-order valence-corrected chi connectivity index (χ0v) is 44.7. The molecular weight excluding hydrogens is 829 g/mol. The molecule has 0 saturated carbocycles. The van der Waals surface area contributed by atoms with E-state index in [9.17, 15) is 14.4 Å². The van der Waals surface area contributed by atoms with Gasteiger partial charge in [0, 0.05) is 19.3 Å². The molecule has 390 valence electrons. The van der Waals surface area contributed by atoms with Gasteiger partial charge in [-0.3, -0.25) is 14.4 Å². The van der Waals surface area contributed by atoms with Crippen molar-refractivity contribution < 1.29 is 28.6 Å². The Balaban J connectivity index is 4.27. The van der Waals surface area contributed by atoms with Crippen LogP contribution in [0.2, 0.25) is 0 Å². The van der Waals surface area contributed by atoms with Crippen molar-refractivity contribution in [2.24, 2.45) is 0 Å². The first kappa shape index (κ1) is 64.4. The Bertz CT molecular complexity index is 1170. The minimum Gasteiger partial charge on any atom is -0.462 e. The molecule has 6 heteroatoms. The average molecular weight is 940 g/mol. The van der Waals surface area contributed by atoms with Crippen molar-refractivity contribution in [2.75, 3.05) is 13.2 Å². The third-order valence-electron chi connectivity index (χ3n) is 12.8. The van der Waals surface area contributed by atoms with E-state index in [1.807, 2.05) is 0 Å². The van der Waals surface area contributed by atoms with E-state index >= 15 is 0 Å². The van der Waals surface area contributed by atoms with E-state index in [0.717, 1.165) is 96.3 Å². The van der Waals surface area contributed by atoms with Gasteiger partial charge in [-0.05, 0) is 77.0 Å². The van der Waals surface area contributed by atoms with Crippen molar-refractivity contribution in [3.05, 3.63) is 48.6 Å². The minimum atomic E-state index is -0.778. The molecule has 1 unspecified atom stereocenters. The first-order chi connectivity index (χ1) is 33.0. The molecular formula is C61H110O6. The molecule has 0 amide bonds. The van der Waals surface area contributed by atoms with Crippen molar-refractivity contribution in [1.82, 2.24) is 0 Å². The van der Waals surface area contributed by atoms with Gasteiger partial charge >= 0.3 is 17.9 Å². The van der Waals surface area contributed by atoms with Gasteiger partial charge in [0.2, 0.25) is 0 Å². The van der Waals surface area contributed by atoms with Gasteiger partial charge in [-0.25, -0.2) is 0 Å². The molecule has 0 aliphatic carbocycles. The highest BCUT2D eigenvalue weighted by Crippen LogP contribution is 2.16. The Kier molecular flexibility index (Phi) is 53.8. The van der Waals surface area contributed by atoms with Gasteiger partial charge in [0.25, 0.3) is 0 Å². The number of hydrogen-bond acceptors (Lipinski definition) is 6. The number of allylic oxidation sites excluding steroid dienone is 8. The first-order valence-corrected chi connectivity index (χ1v) is 29.1. The Hall–Kier alpha value is -2.63. The molecule has 67 heavy (non-hydrogen) atoms. The van der Waals surface area contributed by atoms with Gasteiger partial charge in [-0.1, -0.05) is 256 Å². The quantitative estimate of drug-likeness (QED) is 0.0262. The van der Waals surface area contributed by atoms with E-state index in [-0.39, 0.29) is 31.1 Å². The molecule has 0 fully saturated rings. The maximum atomic E-state index is 12.8. The summed E-state index contributed by atoms with van der Waals surface area (Å²) < 4.78 is 16.8. The smallest absolute Gasteiger partial charge is 0.306 e. The lowest BCUT2D eigenvalue weighted by Crippen LogP contribution is -2.30. The fourth-order valence-corrected chi connectivity index (χ4v) is 8.39. The van der Waals surface area contributed by atoms with Crippen molar-refractivity contribution in [3.8, 4) is 0 Å². The van der Waals surface area contributed by atoms with Gasteiger partial charge < -0.3 is 14.2 Å². The lowest BCUT2D eigenvalue weighted by atomic mass is 10.0. The van der Waals surface area contributed by atoms with E-state index in [2.05, 4.69) is 69.4 Å². The molecule has 0 saturated heterocycles. The first-order valence-electron chi connectivity index (χ1n) is 29.1. The number of ether oxygens (including phenoxy) is 3. The molecule has 0 rings (SSSR count). The van der Waals surface area contributed by atoms with Gasteiger partial charge in [0.05, 0.1) is 0 Å². The summed E-state index contributed by atoms with van der Waals surface area (Å²) in [6.45, 7) is 6.58. The maximum absolute atomic E-state index is 12.8. The van der Waals surface area contributed by atoms with Gasteiger partial charge in [0.15, 0.2) is 6.10 Å². The second-order valence-electron chi connectivity index (χ2n) is 19.6. The van der Waals surface area contributed by atoms with Crippen LogP contribution in [0.15, 0.2) is 48.6 Å². The van der Waals surface area contributed by atoms with E-state index in [4.69, 9.17) is 14.2 Å². The zero-order valence-electron chi connectivity index (χ0n) is 44.7. The van der Waals surface area contributed by atoms with E-state index in [1.54, 1.807) is 0 Å². The zero-order chi connectivity index (χ0) is 48.6. The fraction of sp³-hybridized carbons (Fsp3) is 0.820. The van der Waals surface area contributed by atoms with Crippen molar-refractivity contribution in [2.45, 2.75) is 309 Å². The van der Waals surface area contributed by atoms with Crippen LogP contribution in [0, 0.1) is 0 Å². The summed E-state index contributed by atoms with van der Waals surface area (Å²) in [5.74, 6) is -0.880. The van der Waals surface area contributed by atoms with Crippen LogP contribution in [0.25, 0.3) is 0 Å². The highest BCUT2D eigenvalue weighted by Gasteiger charge is 2.19. The molecule has 0 aliphatic heterocycles. The summed E-state index contributed by atoms with van der Waals surface area (Å²) in [5.41, 5.74) is 0. The fourth-order valence-electron chi connectivity index (χ4n) is 8.39. The summed E-state index contributed by atoms with van der Waals surface area (Å²) >= 11 is 0. The van der Waals surface area contributed by atoms with Crippen LogP contribution in [0.5, 0.6) is 0 Å².